The minimum absolute atomic E-state index is 0.171. The van der Waals surface area contributed by atoms with Gasteiger partial charge in [-0.2, -0.15) is 0 Å². The van der Waals surface area contributed by atoms with Crippen LogP contribution < -0.4 is 11.1 Å². The molecule has 5 heteroatoms. The number of anilines is 1. The van der Waals surface area contributed by atoms with Crippen LogP contribution in [0.3, 0.4) is 0 Å². The number of nitrogen functional groups attached to an aromatic ring is 1. The third-order valence-electron chi connectivity index (χ3n) is 3.31. The Hall–Kier alpha value is -1.46. The normalized spacial score (nSPS) is 12.6. The molecule has 4 nitrogen and oxygen atoms in total. The molecule has 0 aliphatic carbocycles. The summed E-state index contributed by atoms with van der Waals surface area (Å²) in [7, 11) is 0. The molecule has 0 aliphatic heterocycles. The molecule has 0 spiro atoms. The quantitative estimate of drug-likeness (QED) is 0.858. The molecule has 2 rings (SSSR count). The summed E-state index contributed by atoms with van der Waals surface area (Å²) in [5.74, 6) is 0.616. The smallest absolute Gasteiger partial charge is 0.128 e. The molecule has 1 atom stereocenters. The minimum atomic E-state index is 0.171. The van der Waals surface area contributed by atoms with E-state index >= 15 is 0 Å². The maximum atomic E-state index is 6.08. The largest absolute Gasteiger partial charge is 0.383 e. The van der Waals surface area contributed by atoms with Crippen LogP contribution >= 0.6 is 11.3 Å². The number of aromatic nitrogens is 2. The van der Waals surface area contributed by atoms with Gasteiger partial charge < -0.3 is 11.1 Å². The third-order valence-corrected chi connectivity index (χ3v) is 4.13. The lowest BCUT2D eigenvalue weighted by molar-refractivity contribution is 0.523. The second-order valence-corrected chi connectivity index (χ2v) is 6.06. The predicted molar refractivity (Wildman–Crippen MR) is 85.0 cm³/mol. The van der Waals surface area contributed by atoms with E-state index in [1.165, 1.54) is 5.56 Å². The van der Waals surface area contributed by atoms with Crippen LogP contribution in [0.4, 0.5) is 5.82 Å². The van der Waals surface area contributed by atoms with Gasteiger partial charge in [-0.25, -0.2) is 9.97 Å². The van der Waals surface area contributed by atoms with E-state index in [4.69, 9.17) is 5.73 Å². The Morgan fingerprint density at radius 1 is 1.40 bits per heavy atom. The fraction of sp³-hybridized carbons (Fsp3) is 0.467. The number of nitrogens with two attached hydrogens (primary N) is 1. The van der Waals surface area contributed by atoms with Crippen molar-refractivity contribution >= 4 is 17.2 Å². The molecule has 2 aromatic rings. The molecule has 0 saturated heterocycles. The van der Waals surface area contributed by atoms with Gasteiger partial charge in [0.2, 0.25) is 0 Å². The molecule has 0 fully saturated rings. The minimum Gasteiger partial charge on any atom is -0.383 e. The van der Waals surface area contributed by atoms with E-state index in [1.54, 1.807) is 17.5 Å². The number of pyridine rings is 1. The Kier molecular flexibility index (Phi) is 5.09. The lowest BCUT2D eigenvalue weighted by atomic mass is 9.98. The summed E-state index contributed by atoms with van der Waals surface area (Å²) < 4.78 is 0. The first kappa shape index (κ1) is 14.9. The van der Waals surface area contributed by atoms with Crippen LogP contribution in [0.15, 0.2) is 17.6 Å². The van der Waals surface area contributed by atoms with Crippen LogP contribution in [-0.4, -0.2) is 16.5 Å². The number of aryl methyl sites for hydroxylation is 2. The topological polar surface area (TPSA) is 63.8 Å². The molecule has 0 amide bonds. The van der Waals surface area contributed by atoms with E-state index in [9.17, 15) is 0 Å². The lowest BCUT2D eigenvalue weighted by Crippen LogP contribution is -2.26. The molecule has 20 heavy (non-hydrogen) atoms. The molecule has 0 saturated carbocycles. The van der Waals surface area contributed by atoms with Gasteiger partial charge in [0.15, 0.2) is 0 Å². The highest BCUT2D eigenvalue weighted by molar-refractivity contribution is 7.09. The average Bonchev–Trinajstić information content (AvgIpc) is 2.81. The molecular formula is C15H22N4S. The van der Waals surface area contributed by atoms with E-state index in [0.29, 0.717) is 5.82 Å². The Morgan fingerprint density at radius 2 is 2.20 bits per heavy atom. The van der Waals surface area contributed by atoms with Crippen molar-refractivity contribution in [2.24, 2.45) is 0 Å². The van der Waals surface area contributed by atoms with Gasteiger partial charge in [-0.1, -0.05) is 6.92 Å². The summed E-state index contributed by atoms with van der Waals surface area (Å²) >= 11 is 1.69. The van der Waals surface area contributed by atoms with Crippen molar-refractivity contribution in [2.75, 3.05) is 12.3 Å². The van der Waals surface area contributed by atoms with Crippen LogP contribution in [-0.2, 0) is 6.42 Å². The molecule has 2 heterocycles. The molecule has 2 aromatic heterocycles. The molecule has 0 aromatic carbocycles. The Balaban J connectivity index is 2.27. The number of nitrogens with one attached hydrogen (secondary N) is 1. The number of hydrogen-bond donors (Lipinski definition) is 2. The second kappa shape index (κ2) is 6.81. The van der Waals surface area contributed by atoms with Crippen LogP contribution in [0.25, 0.3) is 0 Å². The van der Waals surface area contributed by atoms with Crippen molar-refractivity contribution in [1.29, 1.82) is 0 Å². The van der Waals surface area contributed by atoms with Crippen molar-refractivity contribution in [3.8, 4) is 0 Å². The maximum Gasteiger partial charge on any atom is 0.128 e. The van der Waals surface area contributed by atoms with Crippen molar-refractivity contribution in [1.82, 2.24) is 15.3 Å². The SMILES string of the molecule is CCCNC(Cc1csc(C)n1)c1c(C)ccnc1N. The van der Waals surface area contributed by atoms with Crippen LogP contribution in [0.1, 0.15) is 41.2 Å². The first-order valence-corrected chi connectivity index (χ1v) is 7.85. The summed E-state index contributed by atoms with van der Waals surface area (Å²) in [6.07, 6.45) is 3.70. The first-order valence-electron chi connectivity index (χ1n) is 6.97. The van der Waals surface area contributed by atoms with E-state index in [0.717, 1.165) is 35.7 Å². The maximum absolute atomic E-state index is 6.08. The summed E-state index contributed by atoms with van der Waals surface area (Å²) in [5, 5.41) is 6.79. The fourth-order valence-electron chi connectivity index (χ4n) is 2.35. The summed E-state index contributed by atoms with van der Waals surface area (Å²) in [6.45, 7) is 7.24. The van der Waals surface area contributed by atoms with Crippen molar-refractivity contribution in [3.05, 3.63) is 39.5 Å². The molecule has 0 radical (unpaired) electrons. The van der Waals surface area contributed by atoms with E-state index in [-0.39, 0.29) is 6.04 Å². The number of thiazole rings is 1. The molecule has 0 aliphatic rings. The number of hydrogen-bond acceptors (Lipinski definition) is 5. The second-order valence-electron chi connectivity index (χ2n) is 5.00. The highest BCUT2D eigenvalue weighted by Gasteiger charge is 2.18. The monoisotopic (exact) mass is 290 g/mol. The van der Waals surface area contributed by atoms with Crippen molar-refractivity contribution in [3.63, 3.8) is 0 Å². The molecule has 108 valence electrons. The first-order chi connectivity index (χ1) is 9.61. The van der Waals surface area contributed by atoms with Gasteiger partial charge >= 0.3 is 0 Å². The van der Waals surface area contributed by atoms with Gasteiger partial charge in [0.1, 0.15) is 5.82 Å². The summed E-state index contributed by atoms with van der Waals surface area (Å²) in [4.78, 5) is 8.80. The van der Waals surface area contributed by atoms with Gasteiger partial charge in [-0.05, 0) is 38.4 Å². The Bertz CT molecular complexity index is 545. The molecule has 1 unspecified atom stereocenters. The zero-order valence-corrected chi connectivity index (χ0v) is 13.1. The standard InChI is InChI=1S/C15H22N4S/c1-4-6-17-13(8-12-9-20-11(3)19-12)14-10(2)5-7-18-15(14)16/h5,7,9,13,17H,4,6,8H2,1-3H3,(H2,16,18). The Morgan fingerprint density at radius 3 is 2.80 bits per heavy atom. The molecular weight excluding hydrogens is 268 g/mol. The Labute approximate surface area is 124 Å². The zero-order valence-electron chi connectivity index (χ0n) is 12.3. The molecule has 0 bridgehead atoms. The van der Waals surface area contributed by atoms with E-state index in [2.05, 4.69) is 34.5 Å². The zero-order chi connectivity index (χ0) is 14.5. The predicted octanol–water partition coefficient (Wildman–Crippen LogP) is 3.02. The highest BCUT2D eigenvalue weighted by atomic mass is 32.1. The van der Waals surface area contributed by atoms with Gasteiger partial charge in [-0.3, -0.25) is 0 Å². The summed E-state index contributed by atoms with van der Waals surface area (Å²) in [5.41, 5.74) is 9.48. The number of nitrogens with zero attached hydrogens (tertiary/aromatic N) is 2. The van der Waals surface area contributed by atoms with E-state index < -0.39 is 0 Å². The van der Waals surface area contributed by atoms with Crippen LogP contribution in [0.2, 0.25) is 0 Å². The third kappa shape index (κ3) is 3.55. The number of rotatable bonds is 6. The fourth-order valence-corrected chi connectivity index (χ4v) is 2.98. The lowest BCUT2D eigenvalue weighted by Gasteiger charge is -2.21. The van der Waals surface area contributed by atoms with Crippen LogP contribution in [0, 0.1) is 13.8 Å². The van der Waals surface area contributed by atoms with Crippen molar-refractivity contribution in [2.45, 2.75) is 39.7 Å². The van der Waals surface area contributed by atoms with Crippen LogP contribution in [0.5, 0.6) is 0 Å². The average molecular weight is 290 g/mol. The molecule has 3 N–H and O–H groups in total. The summed E-state index contributed by atoms with van der Waals surface area (Å²) in [6, 6.07) is 2.18. The highest BCUT2D eigenvalue weighted by Crippen LogP contribution is 2.26. The van der Waals surface area contributed by atoms with Gasteiger partial charge in [0.25, 0.3) is 0 Å². The van der Waals surface area contributed by atoms with Gasteiger partial charge in [0.05, 0.1) is 10.7 Å². The van der Waals surface area contributed by atoms with Crippen molar-refractivity contribution < 1.29 is 0 Å². The van der Waals surface area contributed by atoms with E-state index in [1.807, 2.05) is 13.0 Å². The van der Waals surface area contributed by atoms with Gasteiger partial charge in [0, 0.05) is 29.6 Å². The van der Waals surface area contributed by atoms with Gasteiger partial charge in [-0.15, -0.1) is 11.3 Å².